The summed E-state index contributed by atoms with van der Waals surface area (Å²) in [5, 5.41) is 3.69. The van der Waals surface area contributed by atoms with Crippen LogP contribution in [0.15, 0.2) is 53.7 Å². The van der Waals surface area contributed by atoms with Gasteiger partial charge in [0.15, 0.2) is 11.6 Å². The fourth-order valence-corrected chi connectivity index (χ4v) is 6.70. The summed E-state index contributed by atoms with van der Waals surface area (Å²) < 4.78 is 65.9. The molecule has 36 heavy (non-hydrogen) atoms. The Kier molecular flexibility index (Phi) is 7.23. The zero-order valence-corrected chi connectivity index (χ0v) is 21.3. The van der Waals surface area contributed by atoms with Gasteiger partial charge in [-0.25, -0.2) is 22.2 Å². The Bertz CT molecular complexity index is 1280. The van der Waals surface area contributed by atoms with E-state index < -0.39 is 26.6 Å². The normalized spacial score (nSPS) is 22.3. The molecule has 0 amide bonds. The van der Waals surface area contributed by atoms with E-state index in [1.807, 2.05) is 18.2 Å². The summed E-state index contributed by atoms with van der Waals surface area (Å²) in [7, 11) is -4.36. The van der Waals surface area contributed by atoms with Gasteiger partial charge in [0.05, 0.1) is 6.61 Å². The molecule has 0 saturated heterocycles. The minimum absolute atomic E-state index is 0.0385. The first-order chi connectivity index (χ1) is 17.3. The Morgan fingerprint density at radius 1 is 1.03 bits per heavy atom. The number of rotatable bonds is 10. The van der Waals surface area contributed by atoms with Crippen molar-refractivity contribution in [2.45, 2.75) is 67.3 Å². The summed E-state index contributed by atoms with van der Waals surface area (Å²) in [5.74, 6) is -2.36. The van der Waals surface area contributed by atoms with E-state index in [2.05, 4.69) is 31.5 Å². The third-order valence-electron chi connectivity index (χ3n) is 7.07. The molecule has 0 bridgehead atoms. The molecule has 2 aliphatic carbocycles. The highest BCUT2D eigenvalue weighted by Crippen LogP contribution is 2.43. The molecule has 0 spiro atoms. The number of aromatic nitrogens is 2. The van der Waals surface area contributed by atoms with Crippen molar-refractivity contribution < 1.29 is 21.9 Å². The highest BCUT2D eigenvalue weighted by atomic mass is 32.2. The quantitative estimate of drug-likeness (QED) is 0.380. The lowest BCUT2D eigenvalue weighted by molar-refractivity contribution is 0.186. The first kappa shape index (κ1) is 25.0. The first-order valence-electron chi connectivity index (χ1n) is 12.1. The zero-order valence-electron chi connectivity index (χ0n) is 19.6. The fourth-order valence-electron chi connectivity index (χ4n) is 4.97. The molecule has 1 aromatic heterocycles. The van der Waals surface area contributed by atoms with Crippen LogP contribution in [0, 0.1) is 11.6 Å². The van der Waals surface area contributed by atoms with Gasteiger partial charge in [-0.2, -0.15) is 4.37 Å². The van der Waals surface area contributed by atoms with Gasteiger partial charge in [-0.05, 0) is 55.9 Å². The average molecular weight is 535 g/mol. The number of hydrogen-bond donors (Lipinski definition) is 2. The third-order valence-corrected chi connectivity index (χ3v) is 9.14. The van der Waals surface area contributed by atoms with Gasteiger partial charge < -0.3 is 10.1 Å². The number of sulfonamides is 1. The minimum atomic E-state index is -4.36. The lowest BCUT2D eigenvalue weighted by Crippen LogP contribution is -2.41. The van der Waals surface area contributed by atoms with Crippen molar-refractivity contribution in [3.05, 3.63) is 66.0 Å². The fraction of sp³-hybridized carbons (Fsp3) is 0.440. The van der Waals surface area contributed by atoms with Crippen molar-refractivity contribution in [2.75, 3.05) is 11.3 Å². The van der Waals surface area contributed by atoms with Crippen LogP contribution < -0.4 is 14.8 Å². The number of nitrogens with zero attached hydrogens (tertiary/aromatic N) is 2. The van der Waals surface area contributed by atoms with Crippen LogP contribution >= 0.6 is 11.5 Å². The summed E-state index contributed by atoms with van der Waals surface area (Å²) in [6, 6.07) is 12.9. The van der Waals surface area contributed by atoms with Gasteiger partial charge in [-0.15, -0.1) is 0 Å². The van der Waals surface area contributed by atoms with Crippen molar-refractivity contribution in [1.29, 1.82) is 0 Å². The van der Waals surface area contributed by atoms with Crippen LogP contribution in [0.25, 0.3) is 0 Å². The smallest absolute Gasteiger partial charge is 0.266 e. The first-order valence-corrected chi connectivity index (χ1v) is 14.3. The van der Waals surface area contributed by atoms with Crippen molar-refractivity contribution in [3.63, 3.8) is 0 Å². The van der Waals surface area contributed by atoms with E-state index in [-0.39, 0.29) is 22.9 Å². The molecule has 2 fully saturated rings. The molecular weight excluding hydrogens is 506 g/mol. The molecule has 0 aliphatic heterocycles. The van der Waals surface area contributed by atoms with Crippen molar-refractivity contribution in [1.82, 2.24) is 14.7 Å². The highest BCUT2D eigenvalue weighted by molar-refractivity contribution is 7.93. The summed E-state index contributed by atoms with van der Waals surface area (Å²) in [5.41, 5.74) is 1.13. The average Bonchev–Trinajstić information content (AvgIpc) is 3.55. The largest absolute Gasteiger partial charge is 0.490 e. The van der Waals surface area contributed by atoms with Crippen LogP contribution in [0.5, 0.6) is 5.75 Å². The van der Waals surface area contributed by atoms with Crippen LogP contribution in [0.4, 0.5) is 13.9 Å². The van der Waals surface area contributed by atoms with Crippen molar-refractivity contribution >= 4 is 26.7 Å². The Morgan fingerprint density at radius 3 is 2.42 bits per heavy atom. The van der Waals surface area contributed by atoms with E-state index in [9.17, 15) is 17.2 Å². The number of hydrogen-bond acceptors (Lipinski definition) is 7. The summed E-state index contributed by atoms with van der Waals surface area (Å²) in [6.45, 7) is 0.182. The van der Waals surface area contributed by atoms with Crippen LogP contribution in [-0.2, 0) is 15.4 Å². The molecule has 5 rings (SSSR count). The van der Waals surface area contributed by atoms with E-state index in [1.54, 1.807) is 0 Å². The number of benzene rings is 2. The predicted molar refractivity (Wildman–Crippen MR) is 134 cm³/mol. The maximum absolute atomic E-state index is 14.8. The van der Waals surface area contributed by atoms with Crippen LogP contribution in [0.3, 0.4) is 0 Å². The van der Waals surface area contributed by atoms with E-state index >= 15 is 0 Å². The minimum Gasteiger partial charge on any atom is -0.490 e. The molecule has 192 valence electrons. The molecule has 2 aliphatic rings. The number of ether oxygens (including phenoxy) is 1. The van der Waals surface area contributed by atoms with E-state index in [4.69, 9.17) is 4.74 Å². The third kappa shape index (κ3) is 5.68. The lowest BCUT2D eigenvalue weighted by Gasteiger charge is -2.41. The van der Waals surface area contributed by atoms with E-state index in [0.29, 0.717) is 24.6 Å². The Hall–Kier alpha value is -2.63. The molecule has 7 nitrogen and oxygen atoms in total. The van der Waals surface area contributed by atoms with Gasteiger partial charge >= 0.3 is 0 Å². The molecule has 3 aromatic rings. The predicted octanol–water partition coefficient (Wildman–Crippen LogP) is 5.02. The zero-order chi connectivity index (χ0) is 25.2. The Morgan fingerprint density at radius 2 is 1.75 bits per heavy atom. The van der Waals surface area contributed by atoms with E-state index in [0.717, 1.165) is 49.6 Å². The summed E-state index contributed by atoms with van der Waals surface area (Å²) in [4.78, 5) is 2.89. The Labute approximate surface area is 213 Å². The van der Waals surface area contributed by atoms with Gasteiger partial charge in [0, 0.05) is 35.7 Å². The number of halogens is 2. The standard InChI is InChI=1S/C25H28F2N4O3S2/c26-20-15-23(36(32,33)31-24-28-16-29-35-24)21(27)14-22(20)34-13-12-25(17-4-2-1-3-5-17)10-8-19(9-11-25)30-18-6-7-18/h1-5,14-16,18-19,30H,6-13H2,(H,28,29,31). The molecule has 1 heterocycles. The van der Waals surface area contributed by atoms with Crippen molar-refractivity contribution in [2.24, 2.45) is 0 Å². The summed E-state index contributed by atoms with van der Waals surface area (Å²) >= 11 is 0.790. The molecule has 2 saturated carbocycles. The second-order valence-electron chi connectivity index (χ2n) is 9.53. The highest BCUT2D eigenvalue weighted by Gasteiger charge is 2.38. The topological polar surface area (TPSA) is 93.2 Å². The molecule has 2 N–H and O–H groups in total. The number of anilines is 1. The monoisotopic (exact) mass is 534 g/mol. The maximum atomic E-state index is 14.8. The molecular formula is C25H28F2N4O3S2. The molecule has 2 aromatic carbocycles. The second-order valence-corrected chi connectivity index (χ2v) is 12.0. The van der Waals surface area contributed by atoms with Gasteiger partial charge in [0.25, 0.3) is 10.0 Å². The van der Waals surface area contributed by atoms with E-state index in [1.165, 1.54) is 18.4 Å². The van der Waals surface area contributed by atoms with Gasteiger partial charge in [-0.3, -0.25) is 4.72 Å². The number of nitrogens with one attached hydrogen (secondary N) is 2. The molecule has 11 heteroatoms. The maximum Gasteiger partial charge on any atom is 0.266 e. The van der Waals surface area contributed by atoms with Gasteiger partial charge in [-0.1, -0.05) is 30.3 Å². The van der Waals surface area contributed by atoms with Crippen LogP contribution in [0.2, 0.25) is 0 Å². The van der Waals surface area contributed by atoms with Crippen molar-refractivity contribution in [3.8, 4) is 5.75 Å². The lowest BCUT2D eigenvalue weighted by atomic mass is 9.66. The molecule has 0 atom stereocenters. The van der Waals surface area contributed by atoms with Crippen LogP contribution in [0.1, 0.15) is 50.5 Å². The molecule has 0 radical (unpaired) electrons. The second kappa shape index (κ2) is 10.4. The van der Waals surface area contributed by atoms with Gasteiger partial charge in [0.1, 0.15) is 17.0 Å². The SMILES string of the molecule is O=S(=O)(Nc1ncns1)c1cc(F)c(OCCC2(c3ccccc3)CCC(NC3CC3)CC2)cc1F. The van der Waals surface area contributed by atoms with Gasteiger partial charge in [0.2, 0.25) is 5.13 Å². The van der Waals surface area contributed by atoms with Crippen LogP contribution in [-0.4, -0.2) is 36.5 Å². The summed E-state index contributed by atoms with van der Waals surface area (Å²) in [6.07, 6.45) is 8.40. The Balaban J connectivity index is 1.27. The molecule has 0 unspecified atom stereocenters.